The molecule has 0 aliphatic heterocycles. The number of hydrogen-bond donors (Lipinski definition) is 1. The molecular formula is C14H16BrN5. The molecule has 6 heteroatoms. The Kier molecular flexibility index (Phi) is 3.35. The summed E-state index contributed by atoms with van der Waals surface area (Å²) in [6.07, 6.45) is 3.72. The fraction of sp³-hybridized carbons (Fsp3) is 0.286. The second-order valence-corrected chi connectivity index (χ2v) is 5.69. The first kappa shape index (κ1) is 13.3. The van der Waals surface area contributed by atoms with Crippen molar-refractivity contribution in [3.63, 3.8) is 0 Å². The predicted molar refractivity (Wildman–Crippen MR) is 82.3 cm³/mol. The van der Waals surface area contributed by atoms with Crippen LogP contribution in [0.15, 0.2) is 35.1 Å². The van der Waals surface area contributed by atoms with Gasteiger partial charge in [-0.2, -0.15) is 5.10 Å². The van der Waals surface area contributed by atoms with Gasteiger partial charge in [-0.15, -0.1) is 0 Å². The van der Waals surface area contributed by atoms with Gasteiger partial charge < -0.3 is 10.3 Å². The van der Waals surface area contributed by atoms with Crippen molar-refractivity contribution in [1.29, 1.82) is 0 Å². The molecule has 1 aromatic carbocycles. The van der Waals surface area contributed by atoms with Gasteiger partial charge in [-0.3, -0.25) is 4.68 Å². The normalized spacial score (nSPS) is 13.0. The highest BCUT2D eigenvalue weighted by atomic mass is 79.9. The Morgan fingerprint density at radius 1 is 1.40 bits per heavy atom. The van der Waals surface area contributed by atoms with Crippen molar-refractivity contribution in [2.75, 3.05) is 0 Å². The zero-order chi connectivity index (χ0) is 14.3. The number of aromatic nitrogens is 4. The molecule has 3 rings (SSSR count). The van der Waals surface area contributed by atoms with Gasteiger partial charge in [-0.25, -0.2) is 4.98 Å². The van der Waals surface area contributed by atoms with Gasteiger partial charge >= 0.3 is 0 Å². The summed E-state index contributed by atoms with van der Waals surface area (Å²) in [5, 5.41) is 4.18. The maximum atomic E-state index is 6.36. The van der Waals surface area contributed by atoms with Gasteiger partial charge in [-0.05, 0) is 25.1 Å². The van der Waals surface area contributed by atoms with Gasteiger partial charge in [0.2, 0.25) is 0 Å². The predicted octanol–water partition coefficient (Wildman–Crippen LogP) is 2.60. The van der Waals surface area contributed by atoms with Crippen LogP contribution in [0, 0.1) is 0 Å². The Hall–Kier alpha value is -1.66. The third-order valence-electron chi connectivity index (χ3n) is 3.42. The smallest absolute Gasteiger partial charge is 0.131 e. The van der Waals surface area contributed by atoms with E-state index in [2.05, 4.69) is 38.6 Å². The molecule has 2 N–H and O–H groups in total. The van der Waals surface area contributed by atoms with Gasteiger partial charge in [-0.1, -0.05) is 15.9 Å². The van der Waals surface area contributed by atoms with Crippen molar-refractivity contribution < 1.29 is 0 Å². The van der Waals surface area contributed by atoms with E-state index in [1.807, 2.05) is 25.4 Å². The molecule has 1 unspecified atom stereocenters. The third-order valence-corrected chi connectivity index (χ3v) is 3.91. The molecule has 0 aliphatic carbocycles. The van der Waals surface area contributed by atoms with Gasteiger partial charge in [0, 0.05) is 29.8 Å². The molecule has 0 radical (unpaired) electrons. The summed E-state index contributed by atoms with van der Waals surface area (Å²) < 4.78 is 4.93. The Morgan fingerprint density at radius 2 is 2.20 bits per heavy atom. The first-order chi connectivity index (χ1) is 9.60. The Balaban J connectivity index is 2.15. The van der Waals surface area contributed by atoms with Crippen LogP contribution in [0.2, 0.25) is 0 Å². The van der Waals surface area contributed by atoms with Gasteiger partial charge in [0.1, 0.15) is 5.82 Å². The molecule has 1 atom stereocenters. The topological polar surface area (TPSA) is 61.7 Å². The standard InChI is InChI=1S/C14H16BrN5/c1-3-20-12-5-4-10(15)6-11(12)18-14(20)13(16)9-7-17-19(2)8-9/h4-8,13H,3,16H2,1-2H3. The van der Waals surface area contributed by atoms with Crippen LogP contribution in [0.3, 0.4) is 0 Å². The van der Waals surface area contributed by atoms with Crippen molar-refractivity contribution in [1.82, 2.24) is 19.3 Å². The van der Waals surface area contributed by atoms with E-state index in [0.717, 1.165) is 33.4 Å². The molecule has 0 bridgehead atoms. The van der Waals surface area contributed by atoms with Gasteiger partial charge in [0.25, 0.3) is 0 Å². The van der Waals surface area contributed by atoms with E-state index in [4.69, 9.17) is 10.7 Å². The average Bonchev–Trinajstić information content (AvgIpc) is 3.00. The van der Waals surface area contributed by atoms with Crippen LogP contribution in [-0.4, -0.2) is 19.3 Å². The number of imidazole rings is 1. The molecule has 0 aliphatic rings. The van der Waals surface area contributed by atoms with Crippen LogP contribution in [0.25, 0.3) is 11.0 Å². The minimum Gasteiger partial charge on any atom is -0.327 e. The highest BCUT2D eigenvalue weighted by Crippen LogP contribution is 2.25. The molecule has 3 aromatic rings. The molecule has 0 amide bonds. The SMILES string of the molecule is CCn1c(C(N)c2cnn(C)c2)nc2cc(Br)ccc21. The lowest BCUT2D eigenvalue weighted by molar-refractivity contribution is 0.670. The van der Waals surface area contributed by atoms with E-state index in [0.29, 0.717) is 0 Å². The van der Waals surface area contributed by atoms with E-state index in [1.165, 1.54) is 0 Å². The number of hydrogen-bond acceptors (Lipinski definition) is 3. The number of rotatable bonds is 3. The van der Waals surface area contributed by atoms with Crippen LogP contribution < -0.4 is 5.73 Å². The minimum atomic E-state index is -0.269. The second kappa shape index (κ2) is 5.03. The third kappa shape index (κ3) is 2.14. The maximum Gasteiger partial charge on any atom is 0.131 e. The van der Waals surface area contributed by atoms with E-state index < -0.39 is 0 Å². The molecule has 2 aromatic heterocycles. The number of halogens is 1. The lowest BCUT2D eigenvalue weighted by atomic mass is 10.1. The molecule has 0 spiro atoms. The summed E-state index contributed by atoms with van der Waals surface area (Å²) in [5.41, 5.74) is 9.38. The summed E-state index contributed by atoms with van der Waals surface area (Å²) in [6.45, 7) is 2.93. The maximum absolute atomic E-state index is 6.36. The van der Waals surface area contributed by atoms with E-state index in [-0.39, 0.29) is 6.04 Å². The average molecular weight is 334 g/mol. The fourth-order valence-electron chi connectivity index (χ4n) is 2.44. The quantitative estimate of drug-likeness (QED) is 0.801. The summed E-state index contributed by atoms with van der Waals surface area (Å²) in [7, 11) is 1.89. The summed E-state index contributed by atoms with van der Waals surface area (Å²) in [5.74, 6) is 0.869. The summed E-state index contributed by atoms with van der Waals surface area (Å²) >= 11 is 3.48. The molecule has 104 valence electrons. The summed E-state index contributed by atoms with van der Waals surface area (Å²) in [6, 6.07) is 5.83. The Morgan fingerprint density at radius 3 is 2.85 bits per heavy atom. The van der Waals surface area contributed by atoms with Crippen molar-refractivity contribution in [2.45, 2.75) is 19.5 Å². The fourth-order valence-corrected chi connectivity index (χ4v) is 2.79. The van der Waals surface area contributed by atoms with E-state index >= 15 is 0 Å². The molecule has 5 nitrogen and oxygen atoms in total. The Labute approximate surface area is 125 Å². The molecule has 0 fully saturated rings. The second-order valence-electron chi connectivity index (χ2n) is 4.77. The first-order valence-electron chi connectivity index (χ1n) is 6.50. The monoisotopic (exact) mass is 333 g/mol. The molecule has 20 heavy (non-hydrogen) atoms. The minimum absolute atomic E-state index is 0.269. The number of fused-ring (bicyclic) bond motifs is 1. The summed E-state index contributed by atoms with van der Waals surface area (Å²) in [4.78, 5) is 4.70. The van der Waals surface area contributed by atoms with Crippen LogP contribution in [-0.2, 0) is 13.6 Å². The van der Waals surface area contributed by atoms with E-state index in [1.54, 1.807) is 10.9 Å². The molecule has 0 saturated heterocycles. The van der Waals surface area contributed by atoms with Crippen molar-refractivity contribution >= 4 is 27.0 Å². The zero-order valence-electron chi connectivity index (χ0n) is 11.4. The lowest BCUT2D eigenvalue weighted by Gasteiger charge is -2.11. The lowest BCUT2D eigenvalue weighted by Crippen LogP contribution is -2.17. The largest absolute Gasteiger partial charge is 0.327 e. The molecular weight excluding hydrogens is 318 g/mol. The number of nitrogens with zero attached hydrogens (tertiary/aromatic N) is 4. The van der Waals surface area contributed by atoms with Gasteiger partial charge in [0.15, 0.2) is 0 Å². The van der Waals surface area contributed by atoms with Crippen molar-refractivity contribution in [3.8, 4) is 0 Å². The van der Waals surface area contributed by atoms with Crippen LogP contribution in [0.1, 0.15) is 24.4 Å². The molecule has 2 heterocycles. The van der Waals surface area contributed by atoms with Crippen molar-refractivity contribution in [2.24, 2.45) is 12.8 Å². The highest BCUT2D eigenvalue weighted by Gasteiger charge is 2.19. The van der Waals surface area contributed by atoms with E-state index in [9.17, 15) is 0 Å². The number of benzene rings is 1. The van der Waals surface area contributed by atoms with Crippen LogP contribution in [0.4, 0.5) is 0 Å². The van der Waals surface area contributed by atoms with Gasteiger partial charge in [0.05, 0.1) is 23.3 Å². The number of aryl methyl sites for hydroxylation is 2. The van der Waals surface area contributed by atoms with Crippen molar-refractivity contribution in [3.05, 3.63) is 46.5 Å². The van der Waals surface area contributed by atoms with Crippen LogP contribution in [0.5, 0.6) is 0 Å². The first-order valence-corrected chi connectivity index (χ1v) is 7.29. The highest BCUT2D eigenvalue weighted by molar-refractivity contribution is 9.10. The van der Waals surface area contributed by atoms with Crippen LogP contribution >= 0.6 is 15.9 Å². The Bertz CT molecular complexity index is 758. The number of nitrogens with two attached hydrogens (primary N) is 1. The zero-order valence-corrected chi connectivity index (χ0v) is 13.0. The molecule has 0 saturated carbocycles.